The van der Waals surface area contributed by atoms with Crippen molar-refractivity contribution in [2.24, 2.45) is 0 Å². The van der Waals surface area contributed by atoms with E-state index in [1.54, 1.807) is 36.4 Å². The zero-order valence-electron chi connectivity index (χ0n) is 18.0. The Labute approximate surface area is 188 Å². The number of amides is 1. The van der Waals surface area contributed by atoms with Gasteiger partial charge < -0.3 is 15.0 Å². The van der Waals surface area contributed by atoms with Gasteiger partial charge in [-0.2, -0.15) is 4.31 Å². The van der Waals surface area contributed by atoms with Gasteiger partial charge in [0.1, 0.15) is 0 Å². The Morgan fingerprint density at radius 3 is 2.22 bits per heavy atom. The monoisotopic (exact) mass is 457 g/mol. The van der Waals surface area contributed by atoms with E-state index >= 15 is 0 Å². The van der Waals surface area contributed by atoms with Gasteiger partial charge in [-0.25, -0.2) is 8.42 Å². The number of benzene rings is 2. The number of morpholine rings is 1. The van der Waals surface area contributed by atoms with Gasteiger partial charge in [-0.3, -0.25) is 9.59 Å². The highest BCUT2D eigenvalue weighted by Gasteiger charge is 2.29. The number of ether oxygens (including phenoxy) is 1. The molecule has 2 aromatic carbocycles. The number of hydrogen-bond acceptors (Lipinski definition) is 6. The molecule has 2 aromatic rings. The van der Waals surface area contributed by atoms with Crippen LogP contribution in [0, 0.1) is 0 Å². The Bertz CT molecular complexity index is 1100. The molecule has 0 spiro atoms. The Hall–Kier alpha value is -2.75. The Balaban J connectivity index is 1.66. The summed E-state index contributed by atoms with van der Waals surface area (Å²) in [6.07, 6.45) is 2.06. The molecule has 2 heterocycles. The number of ketones is 1. The quantitative estimate of drug-likeness (QED) is 0.670. The van der Waals surface area contributed by atoms with E-state index in [2.05, 4.69) is 10.2 Å². The minimum absolute atomic E-state index is 0.0554. The second kappa shape index (κ2) is 9.40. The van der Waals surface area contributed by atoms with Gasteiger partial charge in [0.25, 0.3) is 5.91 Å². The zero-order chi connectivity index (χ0) is 22.7. The van der Waals surface area contributed by atoms with Crippen LogP contribution in [0.15, 0.2) is 47.4 Å². The molecular formula is C23H27N3O5S. The van der Waals surface area contributed by atoms with E-state index in [1.807, 2.05) is 0 Å². The smallest absolute Gasteiger partial charge is 0.257 e. The third kappa shape index (κ3) is 4.69. The van der Waals surface area contributed by atoms with Crippen molar-refractivity contribution in [2.45, 2.75) is 24.7 Å². The summed E-state index contributed by atoms with van der Waals surface area (Å²) in [4.78, 5) is 26.9. The van der Waals surface area contributed by atoms with E-state index < -0.39 is 10.0 Å². The number of nitrogens with zero attached hydrogens (tertiary/aromatic N) is 2. The van der Waals surface area contributed by atoms with Crippen molar-refractivity contribution in [1.82, 2.24) is 4.31 Å². The largest absolute Gasteiger partial charge is 0.379 e. The van der Waals surface area contributed by atoms with Crippen molar-refractivity contribution in [2.75, 3.05) is 49.6 Å². The lowest BCUT2D eigenvalue weighted by Crippen LogP contribution is -2.40. The molecule has 1 N–H and O–H groups in total. The molecule has 2 fully saturated rings. The summed E-state index contributed by atoms with van der Waals surface area (Å²) in [6, 6.07) is 11.4. The lowest BCUT2D eigenvalue weighted by molar-refractivity contribution is 0.0730. The fraction of sp³-hybridized carbons (Fsp3) is 0.391. The molecule has 0 unspecified atom stereocenters. The van der Waals surface area contributed by atoms with E-state index in [0.717, 1.165) is 31.6 Å². The van der Waals surface area contributed by atoms with Crippen LogP contribution in [0.4, 0.5) is 11.4 Å². The molecule has 0 atom stereocenters. The summed E-state index contributed by atoms with van der Waals surface area (Å²) >= 11 is 0. The number of Topliss-reactive ketones (excluding diaryl/α,β-unsaturated/α-hetero) is 1. The Morgan fingerprint density at radius 2 is 1.59 bits per heavy atom. The summed E-state index contributed by atoms with van der Waals surface area (Å²) in [7, 11) is -3.73. The van der Waals surface area contributed by atoms with Crippen LogP contribution < -0.4 is 10.2 Å². The summed E-state index contributed by atoms with van der Waals surface area (Å²) in [5, 5.41) is 2.84. The molecule has 8 nitrogen and oxygen atoms in total. The summed E-state index contributed by atoms with van der Waals surface area (Å²) in [6.45, 7) is 4.42. The van der Waals surface area contributed by atoms with Gasteiger partial charge in [0.15, 0.2) is 5.78 Å². The minimum atomic E-state index is -3.73. The lowest BCUT2D eigenvalue weighted by atomic mass is 10.1. The van der Waals surface area contributed by atoms with Crippen molar-refractivity contribution >= 4 is 33.1 Å². The van der Waals surface area contributed by atoms with Crippen molar-refractivity contribution < 1.29 is 22.7 Å². The number of carbonyl (C=O) groups excluding carboxylic acids is 2. The maximum absolute atomic E-state index is 13.2. The van der Waals surface area contributed by atoms with Crippen LogP contribution in [0.25, 0.3) is 0 Å². The highest BCUT2D eigenvalue weighted by Crippen LogP contribution is 2.29. The van der Waals surface area contributed by atoms with Gasteiger partial charge in [0.2, 0.25) is 10.0 Å². The highest BCUT2D eigenvalue weighted by atomic mass is 32.2. The lowest BCUT2D eigenvalue weighted by Gasteiger charge is -2.27. The second-order valence-electron chi connectivity index (χ2n) is 7.98. The first-order valence-corrected chi connectivity index (χ1v) is 12.2. The van der Waals surface area contributed by atoms with Crippen LogP contribution in [0.1, 0.15) is 40.5 Å². The van der Waals surface area contributed by atoms with E-state index in [-0.39, 0.29) is 16.6 Å². The van der Waals surface area contributed by atoms with Crippen molar-refractivity contribution in [3.05, 3.63) is 53.6 Å². The first-order chi connectivity index (χ1) is 15.4. The summed E-state index contributed by atoms with van der Waals surface area (Å²) in [5.74, 6) is -0.443. The number of anilines is 2. The van der Waals surface area contributed by atoms with Gasteiger partial charge in [-0.05, 0) is 62.2 Å². The molecule has 170 valence electrons. The number of rotatable bonds is 6. The molecule has 0 bridgehead atoms. The number of hydrogen-bond donors (Lipinski definition) is 1. The van der Waals surface area contributed by atoms with Gasteiger partial charge >= 0.3 is 0 Å². The Morgan fingerprint density at radius 1 is 0.938 bits per heavy atom. The third-order valence-electron chi connectivity index (χ3n) is 5.82. The molecule has 32 heavy (non-hydrogen) atoms. The molecule has 0 radical (unpaired) electrons. The molecule has 0 saturated carbocycles. The first kappa shape index (κ1) is 22.4. The van der Waals surface area contributed by atoms with Crippen molar-refractivity contribution in [3.8, 4) is 0 Å². The molecule has 1 amide bonds. The van der Waals surface area contributed by atoms with Crippen LogP contribution in [0.2, 0.25) is 0 Å². The second-order valence-corrected chi connectivity index (χ2v) is 9.92. The van der Waals surface area contributed by atoms with Crippen LogP contribution in [0.5, 0.6) is 0 Å². The van der Waals surface area contributed by atoms with Crippen LogP contribution in [0.3, 0.4) is 0 Å². The highest BCUT2D eigenvalue weighted by molar-refractivity contribution is 7.89. The van der Waals surface area contributed by atoms with Crippen LogP contribution >= 0.6 is 0 Å². The first-order valence-electron chi connectivity index (χ1n) is 10.8. The fourth-order valence-corrected chi connectivity index (χ4v) is 5.45. The van der Waals surface area contributed by atoms with Crippen molar-refractivity contribution in [3.63, 3.8) is 0 Å². The maximum atomic E-state index is 13.2. The molecule has 2 aliphatic heterocycles. The molecule has 2 aliphatic rings. The Kier molecular flexibility index (Phi) is 6.59. The van der Waals surface area contributed by atoms with E-state index in [9.17, 15) is 18.0 Å². The third-order valence-corrected chi connectivity index (χ3v) is 7.71. The molecule has 0 aliphatic carbocycles. The summed E-state index contributed by atoms with van der Waals surface area (Å²) < 4.78 is 33.0. The molecule has 4 rings (SSSR count). The average Bonchev–Trinajstić information content (AvgIpc) is 3.34. The van der Waals surface area contributed by atoms with Crippen LogP contribution in [-0.4, -0.2) is 63.8 Å². The van der Waals surface area contributed by atoms with E-state index in [4.69, 9.17) is 4.74 Å². The van der Waals surface area contributed by atoms with E-state index in [0.29, 0.717) is 43.1 Å². The normalized spacial score (nSPS) is 17.3. The molecular weight excluding hydrogens is 430 g/mol. The zero-order valence-corrected chi connectivity index (χ0v) is 18.9. The van der Waals surface area contributed by atoms with Crippen LogP contribution in [-0.2, 0) is 14.8 Å². The number of carbonyl (C=O) groups is 2. The van der Waals surface area contributed by atoms with Gasteiger partial charge in [0, 0.05) is 43.1 Å². The van der Waals surface area contributed by atoms with Gasteiger partial charge in [-0.15, -0.1) is 0 Å². The fourth-order valence-electron chi connectivity index (χ4n) is 4.01. The number of nitrogens with one attached hydrogen (secondary N) is 1. The van der Waals surface area contributed by atoms with E-state index in [1.165, 1.54) is 17.3 Å². The SMILES string of the molecule is CC(=O)c1ccc(NC(=O)c2cc(S(=O)(=O)N3CCOCC3)ccc2N2CCCC2)cc1. The average molecular weight is 458 g/mol. The molecule has 0 aromatic heterocycles. The minimum Gasteiger partial charge on any atom is -0.379 e. The predicted octanol–water partition coefficient (Wildman–Crippen LogP) is 2.76. The number of sulfonamides is 1. The maximum Gasteiger partial charge on any atom is 0.257 e. The van der Waals surface area contributed by atoms with Crippen molar-refractivity contribution in [1.29, 1.82) is 0 Å². The van der Waals surface area contributed by atoms with Gasteiger partial charge in [-0.1, -0.05) is 0 Å². The topological polar surface area (TPSA) is 96.0 Å². The molecule has 9 heteroatoms. The molecule has 2 saturated heterocycles. The standard InChI is InChI=1S/C23H27N3O5S/c1-17(27)18-4-6-19(7-5-18)24-23(28)21-16-20(8-9-22(21)25-10-2-3-11-25)32(29,30)26-12-14-31-15-13-26/h4-9,16H,2-3,10-15H2,1H3,(H,24,28). The summed E-state index contributed by atoms with van der Waals surface area (Å²) in [5.41, 5.74) is 2.13. The predicted molar refractivity (Wildman–Crippen MR) is 122 cm³/mol. The van der Waals surface area contributed by atoms with Gasteiger partial charge in [0.05, 0.1) is 23.7 Å².